The summed E-state index contributed by atoms with van der Waals surface area (Å²) < 4.78 is 44.4. The lowest BCUT2D eigenvalue weighted by Crippen LogP contribution is -2.35. The zero-order valence-electron chi connectivity index (χ0n) is 15.9. The Hall–Kier alpha value is -2.84. The molecule has 0 unspecified atom stereocenters. The summed E-state index contributed by atoms with van der Waals surface area (Å²) in [6, 6.07) is 3.06. The number of benzene rings is 1. The average molecular weight is 397 g/mol. The minimum Gasteiger partial charge on any atom is -0.462 e. The molecule has 0 fully saturated rings. The summed E-state index contributed by atoms with van der Waals surface area (Å²) >= 11 is 0. The Balaban J connectivity index is 2.54. The molecule has 1 N–H and O–H groups in total. The van der Waals surface area contributed by atoms with Gasteiger partial charge < -0.3 is 15.0 Å². The predicted octanol–water partition coefficient (Wildman–Crippen LogP) is 3.71. The van der Waals surface area contributed by atoms with E-state index in [1.165, 1.54) is 12.3 Å². The van der Waals surface area contributed by atoms with Crippen LogP contribution in [-0.4, -0.2) is 48.0 Å². The first-order chi connectivity index (χ1) is 13.2. The van der Waals surface area contributed by atoms with E-state index in [1.807, 2.05) is 13.8 Å². The molecule has 152 valence electrons. The van der Waals surface area contributed by atoms with Crippen molar-refractivity contribution in [1.82, 2.24) is 9.88 Å². The number of fused-ring (bicyclic) bond motifs is 1. The summed E-state index contributed by atoms with van der Waals surface area (Å²) in [6.07, 6.45) is -3.32. The molecular weight excluding hydrogens is 375 g/mol. The number of carbonyl (C=O) groups excluding carboxylic acids is 2. The van der Waals surface area contributed by atoms with Gasteiger partial charge in [0, 0.05) is 24.7 Å². The number of rotatable bonds is 7. The Morgan fingerprint density at radius 1 is 1.18 bits per heavy atom. The van der Waals surface area contributed by atoms with Crippen LogP contribution in [0.15, 0.2) is 24.4 Å². The fraction of sp³-hybridized carbons (Fsp3) is 0.421. The van der Waals surface area contributed by atoms with Crippen LogP contribution in [-0.2, 0) is 15.7 Å². The van der Waals surface area contributed by atoms with E-state index in [0.717, 1.165) is 12.1 Å². The van der Waals surface area contributed by atoms with Crippen LogP contribution in [0.25, 0.3) is 10.9 Å². The molecule has 0 aliphatic carbocycles. The average Bonchev–Trinajstić information content (AvgIpc) is 2.65. The standard InChI is InChI=1S/C19H22F3N3O3/c1-4-25(5-2)16(26)11-24-17-13-9-12(19(20,21)22)7-8-15(13)23-10-14(17)18(27)28-6-3/h7-10H,4-6,11H2,1-3H3,(H,23,24). The number of nitrogens with one attached hydrogen (secondary N) is 1. The van der Waals surface area contributed by atoms with Crippen molar-refractivity contribution >= 4 is 28.5 Å². The summed E-state index contributed by atoms with van der Waals surface area (Å²) in [4.78, 5) is 30.2. The van der Waals surface area contributed by atoms with Gasteiger partial charge in [0.25, 0.3) is 0 Å². The van der Waals surface area contributed by atoms with Gasteiger partial charge in [0.15, 0.2) is 0 Å². The van der Waals surface area contributed by atoms with Gasteiger partial charge in [-0.3, -0.25) is 9.78 Å². The van der Waals surface area contributed by atoms with Gasteiger partial charge in [-0.1, -0.05) is 0 Å². The molecule has 0 aliphatic heterocycles. The molecule has 1 amide bonds. The topological polar surface area (TPSA) is 71.5 Å². The van der Waals surface area contributed by atoms with E-state index in [2.05, 4.69) is 10.3 Å². The van der Waals surface area contributed by atoms with Gasteiger partial charge >= 0.3 is 12.1 Å². The highest BCUT2D eigenvalue weighted by molar-refractivity contribution is 6.05. The molecule has 1 aromatic carbocycles. The molecule has 28 heavy (non-hydrogen) atoms. The first kappa shape index (κ1) is 21.5. The van der Waals surface area contributed by atoms with E-state index >= 15 is 0 Å². The number of likely N-dealkylation sites (N-methyl/N-ethyl adjacent to an activating group) is 1. The highest BCUT2D eigenvalue weighted by Crippen LogP contribution is 2.34. The Bertz CT molecular complexity index is 865. The zero-order valence-corrected chi connectivity index (χ0v) is 15.9. The van der Waals surface area contributed by atoms with Crippen molar-refractivity contribution in [3.05, 3.63) is 35.5 Å². The smallest absolute Gasteiger partial charge is 0.416 e. The molecule has 0 atom stereocenters. The van der Waals surface area contributed by atoms with Crippen molar-refractivity contribution < 1.29 is 27.5 Å². The maximum Gasteiger partial charge on any atom is 0.416 e. The number of halogens is 3. The Morgan fingerprint density at radius 2 is 1.86 bits per heavy atom. The molecule has 1 heterocycles. The van der Waals surface area contributed by atoms with Crippen LogP contribution >= 0.6 is 0 Å². The Labute approximate surface area is 160 Å². The van der Waals surface area contributed by atoms with Crippen LogP contribution in [0.2, 0.25) is 0 Å². The number of carbonyl (C=O) groups is 2. The van der Waals surface area contributed by atoms with Crippen molar-refractivity contribution in [2.75, 3.05) is 31.6 Å². The molecule has 6 nitrogen and oxygen atoms in total. The number of alkyl halides is 3. The van der Waals surface area contributed by atoms with E-state index in [0.29, 0.717) is 13.1 Å². The van der Waals surface area contributed by atoms with Crippen LogP contribution in [0.1, 0.15) is 36.7 Å². The van der Waals surface area contributed by atoms with Gasteiger partial charge in [-0.15, -0.1) is 0 Å². The van der Waals surface area contributed by atoms with E-state index < -0.39 is 17.7 Å². The monoisotopic (exact) mass is 397 g/mol. The third-order valence-electron chi connectivity index (χ3n) is 4.22. The van der Waals surface area contributed by atoms with Crippen LogP contribution < -0.4 is 5.32 Å². The van der Waals surface area contributed by atoms with Gasteiger partial charge in [0.1, 0.15) is 5.56 Å². The van der Waals surface area contributed by atoms with Crippen molar-refractivity contribution in [2.45, 2.75) is 26.9 Å². The number of hydrogen-bond donors (Lipinski definition) is 1. The molecule has 0 saturated heterocycles. The minimum atomic E-state index is -4.55. The van der Waals surface area contributed by atoms with Gasteiger partial charge in [-0.2, -0.15) is 13.2 Å². The lowest BCUT2D eigenvalue weighted by molar-refractivity contribution is -0.137. The molecule has 1 aromatic heterocycles. The second kappa shape index (κ2) is 8.90. The SMILES string of the molecule is CCOC(=O)c1cnc2ccc(C(F)(F)F)cc2c1NCC(=O)N(CC)CC. The van der Waals surface area contributed by atoms with Crippen molar-refractivity contribution in [3.8, 4) is 0 Å². The number of ether oxygens (including phenoxy) is 1. The zero-order chi connectivity index (χ0) is 20.9. The van der Waals surface area contributed by atoms with Gasteiger partial charge in [-0.05, 0) is 39.0 Å². The van der Waals surface area contributed by atoms with Crippen LogP contribution in [0.5, 0.6) is 0 Å². The van der Waals surface area contributed by atoms with E-state index in [-0.39, 0.29) is 41.2 Å². The third-order valence-corrected chi connectivity index (χ3v) is 4.22. The van der Waals surface area contributed by atoms with Crippen LogP contribution in [0.4, 0.5) is 18.9 Å². The first-order valence-electron chi connectivity index (χ1n) is 8.91. The quantitative estimate of drug-likeness (QED) is 0.721. The Morgan fingerprint density at radius 3 is 2.43 bits per heavy atom. The summed E-state index contributed by atoms with van der Waals surface area (Å²) in [5.41, 5.74) is -0.546. The maximum atomic E-state index is 13.1. The highest BCUT2D eigenvalue weighted by Gasteiger charge is 2.31. The summed E-state index contributed by atoms with van der Waals surface area (Å²) in [6.45, 7) is 6.17. The minimum absolute atomic E-state index is 0.0268. The van der Waals surface area contributed by atoms with Crippen LogP contribution in [0, 0.1) is 0 Å². The Kier molecular flexibility index (Phi) is 6.82. The number of esters is 1. The third kappa shape index (κ3) is 4.71. The van der Waals surface area contributed by atoms with Gasteiger partial charge in [0.2, 0.25) is 5.91 Å². The fourth-order valence-corrected chi connectivity index (χ4v) is 2.78. The van der Waals surface area contributed by atoms with Gasteiger partial charge in [-0.25, -0.2) is 4.79 Å². The van der Waals surface area contributed by atoms with E-state index in [1.54, 1.807) is 11.8 Å². The normalized spacial score (nSPS) is 11.4. The molecule has 0 bridgehead atoms. The number of anilines is 1. The van der Waals surface area contributed by atoms with E-state index in [4.69, 9.17) is 4.74 Å². The molecule has 0 saturated carbocycles. The molecular formula is C19H22F3N3O3. The predicted molar refractivity (Wildman–Crippen MR) is 99.1 cm³/mol. The molecule has 0 radical (unpaired) electrons. The number of nitrogens with zero attached hydrogens (tertiary/aromatic N) is 2. The number of pyridine rings is 1. The number of amides is 1. The van der Waals surface area contributed by atoms with Crippen LogP contribution in [0.3, 0.4) is 0 Å². The second-order valence-electron chi connectivity index (χ2n) is 5.92. The molecule has 0 spiro atoms. The number of hydrogen-bond acceptors (Lipinski definition) is 5. The highest BCUT2D eigenvalue weighted by atomic mass is 19.4. The summed E-state index contributed by atoms with van der Waals surface area (Å²) in [7, 11) is 0. The maximum absolute atomic E-state index is 13.1. The number of aromatic nitrogens is 1. The second-order valence-corrected chi connectivity index (χ2v) is 5.92. The van der Waals surface area contributed by atoms with Crippen molar-refractivity contribution in [2.24, 2.45) is 0 Å². The van der Waals surface area contributed by atoms with E-state index in [9.17, 15) is 22.8 Å². The molecule has 9 heteroatoms. The lowest BCUT2D eigenvalue weighted by atomic mass is 10.1. The summed E-state index contributed by atoms with van der Waals surface area (Å²) in [5, 5.41) is 2.91. The van der Waals surface area contributed by atoms with Crippen molar-refractivity contribution in [1.29, 1.82) is 0 Å². The molecule has 0 aliphatic rings. The molecule has 2 aromatic rings. The summed E-state index contributed by atoms with van der Waals surface area (Å²) in [5.74, 6) is -0.969. The largest absolute Gasteiger partial charge is 0.462 e. The first-order valence-corrected chi connectivity index (χ1v) is 8.91. The molecule has 2 rings (SSSR count). The van der Waals surface area contributed by atoms with Gasteiger partial charge in [0.05, 0.1) is 29.9 Å². The fourth-order valence-electron chi connectivity index (χ4n) is 2.78. The van der Waals surface area contributed by atoms with Crippen molar-refractivity contribution in [3.63, 3.8) is 0 Å². The lowest BCUT2D eigenvalue weighted by Gasteiger charge is -2.20.